The molecule has 1 atom stereocenters. The Bertz CT molecular complexity index is 329. The quantitative estimate of drug-likeness (QED) is 0.733. The first-order valence-corrected chi connectivity index (χ1v) is 4.10. The van der Waals surface area contributed by atoms with Crippen LogP contribution in [-0.2, 0) is 0 Å². The summed E-state index contributed by atoms with van der Waals surface area (Å²) in [5.74, 6) is -2.12. The minimum absolute atomic E-state index is 0.0775. The lowest BCUT2D eigenvalue weighted by Crippen LogP contribution is -2.11. The van der Waals surface area contributed by atoms with Crippen LogP contribution in [0.3, 0.4) is 0 Å². The van der Waals surface area contributed by atoms with E-state index >= 15 is 0 Å². The number of phenolic OH excluding ortho intramolecular Hbond substituents is 1. The third kappa shape index (κ3) is 2.09. The molecule has 14 heavy (non-hydrogen) atoms. The molecule has 0 bridgehead atoms. The zero-order valence-electron chi connectivity index (χ0n) is 7.50. The normalized spacial score (nSPS) is 12.5. The molecule has 0 saturated carbocycles. The Morgan fingerprint density at radius 2 is 2.14 bits per heavy atom. The molecule has 0 heterocycles. The second-order valence-corrected chi connectivity index (χ2v) is 2.95. The highest BCUT2D eigenvalue weighted by molar-refractivity contribution is 5.36. The van der Waals surface area contributed by atoms with E-state index in [9.17, 15) is 13.9 Å². The molecule has 1 aromatic carbocycles. The Hall–Kier alpha value is -1.42. The summed E-state index contributed by atoms with van der Waals surface area (Å²) in [4.78, 5) is 0. The lowest BCUT2D eigenvalue weighted by Gasteiger charge is -2.12. The van der Waals surface area contributed by atoms with Gasteiger partial charge in [-0.05, 0) is 6.42 Å². The molecule has 4 heteroatoms. The smallest absolute Gasteiger partial charge is 0.134 e. The minimum atomic E-state index is -0.836. The Morgan fingerprint density at radius 1 is 1.50 bits per heavy atom. The van der Waals surface area contributed by atoms with Crippen LogP contribution in [0.15, 0.2) is 24.8 Å². The SMILES string of the molecule is C=CCC(N)c1c(O)cc(F)cc1F. The van der Waals surface area contributed by atoms with Crippen molar-refractivity contribution >= 4 is 0 Å². The Kier molecular flexibility index (Phi) is 3.19. The highest BCUT2D eigenvalue weighted by Gasteiger charge is 2.16. The van der Waals surface area contributed by atoms with Crippen LogP contribution in [0, 0.1) is 11.6 Å². The van der Waals surface area contributed by atoms with E-state index in [1.165, 1.54) is 6.08 Å². The van der Waals surface area contributed by atoms with E-state index in [0.29, 0.717) is 12.5 Å². The third-order valence-corrected chi connectivity index (χ3v) is 1.86. The fourth-order valence-corrected chi connectivity index (χ4v) is 1.24. The van der Waals surface area contributed by atoms with E-state index in [4.69, 9.17) is 5.73 Å². The van der Waals surface area contributed by atoms with E-state index < -0.39 is 23.4 Å². The maximum Gasteiger partial charge on any atom is 0.134 e. The van der Waals surface area contributed by atoms with Crippen LogP contribution in [0.1, 0.15) is 18.0 Å². The summed E-state index contributed by atoms with van der Waals surface area (Å²) in [7, 11) is 0. The van der Waals surface area contributed by atoms with Crippen LogP contribution >= 0.6 is 0 Å². The van der Waals surface area contributed by atoms with Gasteiger partial charge in [-0.2, -0.15) is 0 Å². The van der Waals surface area contributed by atoms with Gasteiger partial charge in [0.25, 0.3) is 0 Å². The van der Waals surface area contributed by atoms with Crippen molar-refractivity contribution in [2.75, 3.05) is 0 Å². The Balaban J connectivity index is 3.13. The number of rotatable bonds is 3. The van der Waals surface area contributed by atoms with E-state index in [1.807, 2.05) is 0 Å². The highest BCUT2D eigenvalue weighted by Crippen LogP contribution is 2.28. The molecule has 2 nitrogen and oxygen atoms in total. The van der Waals surface area contributed by atoms with Crippen molar-refractivity contribution in [1.82, 2.24) is 0 Å². The summed E-state index contributed by atoms with van der Waals surface area (Å²) >= 11 is 0. The molecule has 0 spiro atoms. The van der Waals surface area contributed by atoms with Crippen LogP contribution in [0.2, 0.25) is 0 Å². The number of hydrogen-bond acceptors (Lipinski definition) is 2. The monoisotopic (exact) mass is 199 g/mol. The van der Waals surface area contributed by atoms with Crippen molar-refractivity contribution in [2.45, 2.75) is 12.5 Å². The topological polar surface area (TPSA) is 46.2 Å². The standard InChI is InChI=1S/C10H11F2NO/c1-2-3-8(13)10-7(12)4-6(11)5-9(10)14/h2,4-5,8,14H,1,3,13H2. The minimum Gasteiger partial charge on any atom is -0.507 e. The number of aromatic hydroxyl groups is 1. The number of phenols is 1. The summed E-state index contributed by atoms with van der Waals surface area (Å²) in [5.41, 5.74) is 5.49. The predicted molar refractivity (Wildman–Crippen MR) is 49.8 cm³/mol. The van der Waals surface area contributed by atoms with Crippen molar-refractivity contribution in [3.8, 4) is 5.75 Å². The molecule has 0 saturated heterocycles. The first-order chi connectivity index (χ1) is 6.56. The van der Waals surface area contributed by atoms with Gasteiger partial charge in [-0.15, -0.1) is 6.58 Å². The third-order valence-electron chi connectivity index (χ3n) is 1.86. The van der Waals surface area contributed by atoms with Crippen LogP contribution in [0.5, 0.6) is 5.75 Å². The first kappa shape index (κ1) is 10.7. The summed E-state index contributed by atoms with van der Waals surface area (Å²) in [6.07, 6.45) is 1.82. The van der Waals surface area contributed by atoms with Crippen LogP contribution in [-0.4, -0.2) is 5.11 Å². The van der Waals surface area contributed by atoms with Crippen LogP contribution in [0.25, 0.3) is 0 Å². The fraction of sp³-hybridized carbons (Fsp3) is 0.200. The zero-order valence-corrected chi connectivity index (χ0v) is 7.50. The molecule has 0 aliphatic carbocycles. The van der Waals surface area contributed by atoms with Gasteiger partial charge >= 0.3 is 0 Å². The molecule has 0 fully saturated rings. The maximum absolute atomic E-state index is 13.2. The van der Waals surface area contributed by atoms with E-state index in [2.05, 4.69) is 6.58 Å². The van der Waals surface area contributed by atoms with Crippen molar-refractivity contribution in [1.29, 1.82) is 0 Å². The van der Waals surface area contributed by atoms with E-state index in [1.54, 1.807) is 0 Å². The van der Waals surface area contributed by atoms with Crippen molar-refractivity contribution < 1.29 is 13.9 Å². The molecule has 0 radical (unpaired) electrons. The van der Waals surface area contributed by atoms with Gasteiger partial charge in [-0.1, -0.05) is 6.08 Å². The first-order valence-electron chi connectivity index (χ1n) is 4.10. The average Bonchev–Trinajstić information content (AvgIpc) is 2.01. The van der Waals surface area contributed by atoms with Gasteiger partial charge in [0.1, 0.15) is 17.4 Å². The second kappa shape index (κ2) is 4.19. The van der Waals surface area contributed by atoms with Crippen molar-refractivity contribution in [2.24, 2.45) is 5.73 Å². The number of halogens is 2. The van der Waals surface area contributed by atoms with Crippen LogP contribution < -0.4 is 5.73 Å². The van der Waals surface area contributed by atoms with E-state index in [-0.39, 0.29) is 5.56 Å². The summed E-state index contributed by atoms with van der Waals surface area (Å²) in [6.45, 7) is 3.44. The molecule has 1 rings (SSSR count). The van der Waals surface area contributed by atoms with Gasteiger partial charge in [0.15, 0.2) is 0 Å². The van der Waals surface area contributed by atoms with Crippen LogP contribution in [0.4, 0.5) is 8.78 Å². The number of benzene rings is 1. The number of nitrogens with two attached hydrogens (primary N) is 1. The molecule has 1 unspecified atom stereocenters. The molecule has 0 aliphatic rings. The Labute approximate surface area is 80.7 Å². The lowest BCUT2D eigenvalue weighted by atomic mass is 10.0. The number of hydrogen-bond donors (Lipinski definition) is 2. The van der Waals surface area contributed by atoms with Gasteiger partial charge in [-0.3, -0.25) is 0 Å². The van der Waals surface area contributed by atoms with Gasteiger partial charge in [-0.25, -0.2) is 8.78 Å². The van der Waals surface area contributed by atoms with E-state index in [0.717, 1.165) is 6.07 Å². The fourth-order valence-electron chi connectivity index (χ4n) is 1.24. The molecule has 0 aliphatic heterocycles. The van der Waals surface area contributed by atoms with Gasteiger partial charge in [0.2, 0.25) is 0 Å². The average molecular weight is 199 g/mol. The second-order valence-electron chi connectivity index (χ2n) is 2.95. The zero-order chi connectivity index (χ0) is 10.7. The summed E-state index contributed by atoms with van der Waals surface area (Å²) in [5, 5.41) is 9.27. The molecule has 0 amide bonds. The molecule has 1 aromatic rings. The Morgan fingerprint density at radius 3 is 2.64 bits per heavy atom. The maximum atomic E-state index is 13.2. The van der Waals surface area contributed by atoms with Crippen molar-refractivity contribution in [3.63, 3.8) is 0 Å². The van der Waals surface area contributed by atoms with Gasteiger partial charge < -0.3 is 10.8 Å². The highest BCUT2D eigenvalue weighted by atomic mass is 19.1. The lowest BCUT2D eigenvalue weighted by molar-refractivity contribution is 0.440. The van der Waals surface area contributed by atoms with Gasteiger partial charge in [0, 0.05) is 23.7 Å². The molecular weight excluding hydrogens is 188 g/mol. The van der Waals surface area contributed by atoms with Gasteiger partial charge in [0.05, 0.1) is 0 Å². The summed E-state index contributed by atoms with van der Waals surface area (Å²) < 4.78 is 25.8. The predicted octanol–water partition coefficient (Wildman–Crippen LogP) is 2.25. The van der Waals surface area contributed by atoms with Crippen molar-refractivity contribution in [3.05, 3.63) is 42.0 Å². The largest absolute Gasteiger partial charge is 0.507 e. The summed E-state index contributed by atoms with van der Waals surface area (Å²) in [6, 6.07) is 0.826. The molecule has 76 valence electrons. The molecule has 0 aromatic heterocycles. The molecule has 3 N–H and O–H groups in total. The molecular formula is C10H11F2NO.